The minimum absolute atomic E-state index is 0.342. The molecule has 0 saturated carbocycles. The Balaban J connectivity index is 1.91. The van der Waals surface area contributed by atoms with Crippen LogP contribution in [0.4, 0.5) is 5.69 Å². The fourth-order valence-electron chi connectivity index (χ4n) is 3.76. The normalized spacial score (nSPS) is 18.5. The lowest BCUT2D eigenvalue weighted by molar-refractivity contribution is -0.123. The van der Waals surface area contributed by atoms with Gasteiger partial charge in [0.15, 0.2) is 0 Å². The van der Waals surface area contributed by atoms with Gasteiger partial charge in [0.1, 0.15) is 23.1 Å². The van der Waals surface area contributed by atoms with Crippen LogP contribution in [0.5, 0.6) is 11.5 Å². The second kappa shape index (κ2) is 8.18. The molecule has 2 aromatic rings. The number of amides is 1. The Labute approximate surface area is 178 Å². The number of ether oxygens (including phenoxy) is 2. The number of hydrogen-bond acceptors (Lipinski definition) is 5. The number of rotatable bonds is 6. The monoisotopic (exact) mass is 432 g/mol. The van der Waals surface area contributed by atoms with Crippen molar-refractivity contribution in [1.82, 2.24) is 5.32 Å². The van der Waals surface area contributed by atoms with Crippen LogP contribution in [0.1, 0.15) is 38.8 Å². The van der Waals surface area contributed by atoms with Gasteiger partial charge in [0, 0.05) is 12.0 Å². The molecule has 3 rings (SSSR count). The van der Waals surface area contributed by atoms with Crippen molar-refractivity contribution in [2.24, 2.45) is 0 Å². The van der Waals surface area contributed by atoms with Crippen LogP contribution in [-0.4, -0.2) is 39.3 Å². The number of nitrogens with zero attached hydrogens (tertiary/aromatic N) is 1. The highest BCUT2D eigenvalue weighted by Crippen LogP contribution is 2.41. The van der Waals surface area contributed by atoms with Gasteiger partial charge in [-0.15, -0.1) is 0 Å². The molecule has 0 fully saturated rings. The van der Waals surface area contributed by atoms with E-state index in [0.29, 0.717) is 23.6 Å². The Bertz CT molecular complexity index is 1020. The van der Waals surface area contributed by atoms with Crippen molar-refractivity contribution in [3.8, 4) is 11.5 Å². The van der Waals surface area contributed by atoms with E-state index in [0.717, 1.165) is 16.1 Å². The SMILES string of the molecule is COc1ccc2c(c1)[C@H](NC(=O)[C@H](C)N(c1ccccc1)S(C)(=O)=O)CC(C)(C)O2. The first kappa shape index (κ1) is 22.0. The zero-order valence-electron chi connectivity index (χ0n) is 17.9. The van der Waals surface area contributed by atoms with Crippen molar-refractivity contribution in [3.63, 3.8) is 0 Å². The highest BCUT2D eigenvalue weighted by molar-refractivity contribution is 7.92. The van der Waals surface area contributed by atoms with Crippen LogP contribution >= 0.6 is 0 Å². The van der Waals surface area contributed by atoms with Crippen LogP contribution in [-0.2, 0) is 14.8 Å². The predicted molar refractivity (Wildman–Crippen MR) is 116 cm³/mol. The molecular weight excluding hydrogens is 404 g/mol. The molecule has 0 aromatic heterocycles. The minimum atomic E-state index is -3.67. The molecule has 162 valence electrons. The summed E-state index contributed by atoms with van der Waals surface area (Å²) in [6.45, 7) is 5.49. The van der Waals surface area contributed by atoms with Crippen molar-refractivity contribution in [2.75, 3.05) is 17.7 Å². The summed E-state index contributed by atoms with van der Waals surface area (Å²) < 4.78 is 37.4. The number of carbonyl (C=O) groups excluding carboxylic acids is 1. The van der Waals surface area contributed by atoms with Gasteiger partial charge in [0.2, 0.25) is 15.9 Å². The molecular formula is C22H28N2O5S. The fourth-order valence-corrected chi connectivity index (χ4v) is 4.94. The van der Waals surface area contributed by atoms with Crippen molar-refractivity contribution < 1.29 is 22.7 Å². The number of benzene rings is 2. The van der Waals surface area contributed by atoms with E-state index in [1.807, 2.05) is 32.0 Å². The predicted octanol–water partition coefficient (Wildman–Crippen LogP) is 3.27. The lowest BCUT2D eigenvalue weighted by Crippen LogP contribution is -2.50. The zero-order valence-corrected chi connectivity index (χ0v) is 18.7. The molecule has 7 nitrogen and oxygen atoms in total. The third-order valence-electron chi connectivity index (χ3n) is 5.09. The first-order chi connectivity index (χ1) is 14.0. The van der Waals surface area contributed by atoms with Crippen LogP contribution in [0.15, 0.2) is 48.5 Å². The number of fused-ring (bicyclic) bond motifs is 1. The second-order valence-corrected chi connectivity index (χ2v) is 9.96. The molecule has 0 unspecified atom stereocenters. The van der Waals surface area contributed by atoms with Crippen molar-refractivity contribution in [2.45, 2.75) is 44.9 Å². The summed E-state index contributed by atoms with van der Waals surface area (Å²) in [5.74, 6) is 0.945. The lowest BCUT2D eigenvalue weighted by Gasteiger charge is -2.39. The number of carbonyl (C=O) groups is 1. The smallest absolute Gasteiger partial charge is 0.244 e. The molecule has 1 aliphatic rings. The number of nitrogens with one attached hydrogen (secondary N) is 1. The van der Waals surface area contributed by atoms with E-state index < -0.39 is 21.7 Å². The summed E-state index contributed by atoms with van der Waals surface area (Å²) in [6.07, 6.45) is 1.64. The number of hydrogen-bond donors (Lipinski definition) is 1. The van der Waals surface area contributed by atoms with Crippen molar-refractivity contribution in [1.29, 1.82) is 0 Å². The van der Waals surface area contributed by atoms with E-state index in [1.54, 1.807) is 44.4 Å². The summed E-state index contributed by atoms with van der Waals surface area (Å²) in [5.41, 5.74) is 0.760. The summed E-state index contributed by atoms with van der Waals surface area (Å²) in [6, 6.07) is 12.8. The summed E-state index contributed by atoms with van der Waals surface area (Å²) in [5, 5.41) is 3.02. The quantitative estimate of drug-likeness (QED) is 0.757. The summed E-state index contributed by atoms with van der Waals surface area (Å²) >= 11 is 0. The molecule has 2 aromatic carbocycles. The highest BCUT2D eigenvalue weighted by Gasteiger charge is 2.37. The van der Waals surface area contributed by atoms with E-state index in [9.17, 15) is 13.2 Å². The van der Waals surface area contributed by atoms with Gasteiger partial charge >= 0.3 is 0 Å². The van der Waals surface area contributed by atoms with Crippen LogP contribution in [0.2, 0.25) is 0 Å². The van der Waals surface area contributed by atoms with Gasteiger partial charge in [0.25, 0.3) is 0 Å². The number of anilines is 1. The standard InChI is InChI=1S/C22H28N2O5S/c1-15(24(30(5,26)27)16-9-7-6-8-10-16)21(25)23-19-14-22(2,3)29-20-12-11-17(28-4)13-18(19)20/h6-13,15,19H,14H2,1-5H3,(H,23,25)/t15-,19+/m0/s1. The Morgan fingerprint density at radius 3 is 2.50 bits per heavy atom. The van der Waals surface area contributed by atoms with Crippen LogP contribution in [0.25, 0.3) is 0 Å². The van der Waals surface area contributed by atoms with Gasteiger partial charge in [-0.25, -0.2) is 8.42 Å². The molecule has 0 spiro atoms. The molecule has 0 radical (unpaired) electrons. The van der Waals surface area contributed by atoms with Crippen molar-refractivity contribution >= 4 is 21.6 Å². The molecule has 0 aliphatic carbocycles. The molecule has 1 heterocycles. The Morgan fingerprint density at radius 2 is 1.90 bits per heavy atom. The van der Waals surface area contributed by atoms with E-state index in [2.05, 4.69) is 5.32 Å². The Hall–Kier alpha value is -2.74. The van der Waals surface area contributed by atoms with E-state index >= 15 is 0 Å². The second-order valence-electron chi connectivity index (χ2n) is 8.10. The van der Waals surface area contributed by atoms with Crippen LogP contribution < -0.4 is 19.1 Å². The first-order valence-electron chi connectivity index (χ1n) is 9.73. The molecule has 8 heteroatoms. The van der Waals surface area contributed by atoms with E-state index in [4.69, 9.17) is 9.47 Å². The van der Waals surface area contributed by atoms with E-state index in [-0.39, 0.29) is 11.9 Å². The number of para-hydroxylation sites is 1. The topological polar surface area (TPSA) is 84.9 Å². The van der Waals surface area contributed by atoms with Gasteiger partial charge < -0.3 is 14.8 Å². The number of methoxy groups -OCH3 is 1. The maximum Gasteiger partial charge on any atom is 0.244 e. The lowest BCUT2D eigenvalue weighted by atomic mass is 9.89. The third kappa shape index (κ3) is 4.70. The van der Waals surface area contributed by atoms with Gasteiger partial charge in [-0.3, -0.25) is 9.10 Å². The Morgan fingerprint density at radius 1 is 1.23 bits per heavy atom. The van der Waals surface area contributed by atoms with Gasteiger partial charge in [-0.2, -0.15) is 0 Å². The average Bonchev–Trinajstić information content (AvgIpc) is 2.66. The largest absolute Gasteiger partial charge is 0.497 e. The Kier molecular flexibility index (Phi) is 5.99. The molecule has 0 bridgehead atoms. The highest BCUT2D eigenvalue weighted by atomic mass is 32.2. The molecule has 30 heavy (non-hydrogen) atoms. The van der Waals surface area contributed by atoms with Crippen LogP contribution in [0.3, 0.4) is 0 Å². The molecule has 1 N–H and O–H groups in total. The number of sulfonamides is 1. The fraction of sp³-hybridized carbons (Fsp3) is 0.409. The molecule has 1 amide bonds. The minimum Gasteiger partial charge on any atom is -0.497 e. The summed E-state index contributed by atoms with van der Waals surface area (Å²) in [7, 11) is -2.09. The molecule has 2 atom stereocenters. The van der Waals surface area contributed by atoms with Gasteiger partial charge in [-0.05, 0) is 51.1 Å². The first-order valence-corrected chi connectivity index (χ1v) is 11.6. The third-order valence-corrected chi connectivity index (χ3v) is 6.33. The van der Waals surface area contributed by atoms with Crippen LogP contribution in [0, 0.1) is 0 Å². The molecule has 0 saturated heterocycles. The van der Waals surface area contributed by atoms with Gasteiger partial charge in [0.05, 0.1) is 25.1 Å². The summed E-state index contributed by atoms with van der Waals surface area (Å²) in [4.78, 5) is 13.2. The zero-order chi connectivity index (χ0) is 22.1. The van der Waals surface area contributed by atoms with Crippen molar-refractivity contribution in [3.05, 3.63) is 54.1 Å². The van der Waals surface area contributed by atoms with E-state index in [1.165, 1.54) is 0 Å². The van der Waals surface area contributed by atoms with Gasteiger partial charge in [-0.1, -0.05) is 18.2 Å². The molecule has 1 aliphatic heterocycles. The maximum absolute atomic E-state index is 13.2. The average molecular weight is 433 g/mol. The maximum atomic E-state index is 13.2.